The SMILES string of the molecule is Cc1cc(-c2n[nH]c3cc4c(cc23)CCC(Cc2ccc(F)cc2)C(=O)N4O)ccn1. The molecule has 0 radical (unpaired) electrons. The highest BCUT2D eigenvalue weighted by molar-refractivity contribution is 6.00. The number of aromatic nitrogens is 3. The third-order valence-electron chi connectivity index (χ3n) is 5.88. The van der Waals surface area contributed by atoms with Crippen molar-refractivity contribution in [1.82, 2.24) is 15.2 Å². The van der Waals surface area contributed by atoms with Crippen LogP contribution >= 0.6 is 0 Å². The molecule has 1 atom stereocenters. The molecule has 5 rings (SSSR count). The molecule has 1 aliphatic rings. The van der Waals surface area contributed by atoms with Crippen molar-refractivity contribution in [1.29, 1.82) is 0 Å². The lowest BCUT2D eigenvalue weighted by Gasteiger charge is -2.19. The van der Waals surface area contributed by atoms with Crippen LogP contribution in [-0.4, -0.2) is 26.3 Å². The summed E-state index contributed by atoms with van der Waals surface area (Å²) in [5.41, 5.74) is 5.64. The number of pyridine rings is 1. The molecule has 2 aromatic carbocycles. The maximum absolute atomic E-state index is 13.2. The third kappa shape index (κ3) is 3.57. The van der Waals surface area contributed by atoms with Crippen LogP contribution in [-0.2, 0) is 17.6 Å². The van der Waals surface area contributed by atoms with E-state index in [-0.39, 0.29) is 17.6 Å². The Morgan fingerprint density at radius 2 is 2.00 bits per heavy atom. The number of benzene rings is 2. The fraction of sp³-hybridized carbons (Fsp3) is 0.208. The van der Waals surface area contributed by atoms with Crippen molar-refractivity contribution >= 4 is 22.5 Å². The van der Waals surface area contributed by atoms with E-state index in [1.54, 1.807) is 24.4 Å². The molecule has 7 heteroatoms. The van der Waals surface area contributed by atoms with Gasteiger partial charge in [-0.2, -0.15) is 10.2 Å². The summed E-state index contributed by atoms with van der Waals surface area (Å²) in [6.07, 6.45) is 3.43. The van der Waals surface area contributed by atoms with E-state index in [9.17, 15) is 14.4 Å². The van der Waals surface area contributed by atoms with Gasteiger partial charge in [0, 0.05) is 28.8 Å². The third-order valence-corrected chi connectivity index (χ3v) is 5.88. The van der Waals surface area contributed by atoms with Gasteiger partial charge < -0.3 is 0 Å². The number of carbonyl (C=O) groups is 1. The summed E-state index contributed by atoms with van der Waals surface area (Å²) >= 11 is 0. The van der Waals surface area contributed by atoms with Gasteiger partial charge in [0.15, 0.2) is 0 Å². The highest BCUT2D eigenvalue weighted by Crippen LogP contribution is 2.36. The normalized spacial score (nSPS) is 16.4. The predicted molar refractivity (Wildman–Crippen MR) is 115 cm³/mol. The average Bonchev–Trinajstić information content (AvgIpc) is 3.14. The van der Waals surface area contributed by atoms with Gasteiger partial charge in [-0.3, -0.25) is 20.1 Å². The number of rotatable bonds is 3. The highest BCUT2D eigenvalue weighted by atomic mass is 19.1. The number of carbonyl (C=O) groups excluding carboxylic acids is 1. The number of halogens is 1. The first kappa shape index (κ1) is 19.4. The van der Waals surface area contributed by atoms with E-state index in [4.69, 9.17) is 0 Å². The standard InChI is InChI=1S/C24H21FN4O2/c1-14-10-17(8-9-26-14)23-20-12-16-4-5-18(11-15-2-6-19(25)7-3-15)24(30)29(31)22(16)13-21(20)27-28-23/h2-3,6-10,12-13,18,31H,4-5,11H2,1H3,(H,27,28). The van der Waals surface area contributed by atoms with Crippen LogP contribution in [0, 0.1) is 18.7 Å². The number of hydrogen-bond donors (Lipinski definition) is 2. The Labute approximate surface area is 178 Å². The Kier molecular flexibility index (Phi) is 4.75. The van der Waals surface area contributed by atoms with Crippen LogP contribution in [0.25, 0.3) is 22.2 Å². The molecule has 0 saturated heterocycles. The predicted octanol–water partition coefficient (Wildman–Crippen LogP) is 4.60. The number of fused-ring (bicyclic) bond motifs is 2. The number of nitrogens with zero attached hydrogens (tertiary/aromatic N) is 3. The zero-order valence-electron chi connectivity index (χ0n) is 17.0. The topological polar surface area (TPSA) is 82.1 Å². The highest BCUT2D eigenvalue weighted by Gasteiger charge is 2.30. The molecule has 0 bridgehead atoms. The summed E-state index contributed by atoms with van der Waals surface area (Å²) in [5.74, 6) is -1.05. The zero-order valence-corrected chi connectivity index (χ0v) is 17.0. The van der Waals surface area contributed by atoms with Crippen molar-refractivity contribution < 1.29 is 14.4 Å². The fourth-order valence-corrected chi connectivity index (χ4v) is 4.25. The van der Waals surface area contributed by atoms with Crippen LogP contribution in [0.2, 0.25) is 0 Å². The van der Waals surface area contributed by atoms with Crippen LogP contribution < -0.4 is 5.06 Å². The molecule has 0 spiro atoms. The maximum Gasteiger partial charge on any atom is 0.254 e. The molecule has 156 valence electrons. The fourth-order valence-electron chi connectivity index (χ4n) is 4.25. The first-order chi connectivity index (χ1) is 15.0. The minimum Gasteiger partial charge on any atom is -0.281 e. The Morgan fingerprint density at radius 1 is 1.19 bits per heavy atom. The average molecular weight is 416 g/mol. The molecule has 2 aromatic heterocycles. The number of aromatic amines is 1. The zero-order chi connectivity index (χ0) is 21.5. The first-order valence-corrected chi connectivity index (χ1v) is 10.2. The smallest absolute Gasteiger partial charge is 0.254 e. The second-order valence-corrected chi connectivity index (χ2v) is 8.00. The quantitative estimate of drug-likeness (QED) is 0.478. The lowest BCUT2D eigenvalue weighted by molar-refractivity contribution is -0.127. The molecule has 6 nitrogen and oxygen atoms in total. The molecule has 2 N–H and O–H groups in total. The van der Waals surface area contributed by atoms with E-state index in [0.29, 0.717) is 24.9 Å². The van der Waals surface area contributed by atoms with Gasteiger partial charge in [0.05, 0.1) is 11.2 Å². The van der Waals surface area contributed by atoms with Gasteiger partial charge in [-0.25, -0.2) is 4.39 Å². The van der Waals surface area contributed by atoms with Crippen LogP contribution in [0.15, 0.2) is 54.7 Å². The summed E-state index contributed by atoms with van der Waals surface area (Å²) in [6.45, 7) is 1.93. The van der Waals surface area contributed by atoms with Crippen molar-refractivity contribution in [3.8, 4) is 11.3 Å². The minimum atomic E-state index is -0.387. The van der Waals surface area contributed by atoms with Gasteiger partial charge in [-0.05, 0) is 73.7 Å². The van der Waals surface area contributed by atoms with Crippen LogP contribution in [0.1, 0.15) is 23.2 Å². The molecule has 3 heterocycles. The number of anilines is 1. The first-order valence-electron chi connectivity index (χ1n) is 10.2. The molecule has 1 unspecified atom stereocenters. The van der Waals surface area contributed by atoms with Gasteiger partial charge in [0.2, 0.25) is 0 Å². The van der Waals surface area contributed by atoms with Gasteiger partial charge in [-0.1, -0.05) is 12.1 Å². The second kappa shape index (κ2) is 7.59. The van der Waals surface area contributed by atoms with Crippen molar-refractivity contribution in [2.75, 3.05) is 5.06 Å². The molecule has 1 aliphatic heterocycles. The number of amides is 1. The Balaban J connectivity index is 1.50. The van der Waals surface area contributed by atoms with Gasteiger partial charge >= 0.3 is 0 Å². The Morgan fingerprint density at radius 3 is 2.77 bits per heavy atom. The molecule has 4 aromatic rings. The maximum atomic E-state index is 13.2. The van der Waals surface area contributed by atoms with Crippen molar-refractivity contribution in [3.63, 3.8) is 0 Å². The number of aryl methyl sites for hydroxylation is 2. The van der Waals surface area contributed by atoms with E-state index < -0.39 is 0 Å². The molecular weight excluding hydrogens is 395 g/mol. The van der Waals surface area contributed by atoms with E-state index in [1.165, 1.54) is 12.1 Å². The monoisotopic (exact) mass is 416 g/mol. The van der Waals surface area contributed by atoms with Gasteiger partial charge in [0.1, 0.15) is 11.5 Å². The van der Waals surface area contributed by atoms with E-state index >= 15 is 0 Å². The van der Waals surface area contributed by atoms with E-state index in [0.717, 1.165) is 44.0 Å². The Hall–Kier alpha value is -3.58. The van der Waals surface area contributed by atoms with Crippen molar-refractivity contribution in [2.45, 2.75) is 26.2 Å². The van der Waals surface area contributed by atoms with Crippen molar-refractivity contribution in [3.05, 3.63) is 77.4 Å². The van der Waals surface area contributed by atoms with E-state index in [1.807, 2.05) is 25.1 Å². The van der Waals surface area contributed by atoms with Crippen LogP contribution in [0.4, 0.5) is 10.1 Å². The summed E-state index contributed by atoms with van der Waals surface area (Å²) in [6, 6.07) is 13.8. The number of nitrogens with one attached hydrogen (secondary N) is 1. The van der Waals surface area contributed by atoms with E-state index in [2.05, 4.69) is 15.2 Å². The minimum absolute atomic E-state index is 0.309. The molecule has 0 saturated carbocycles. The second-order valence-electron chi connectivity index (χ2n) is 8.00. The lowest BCUT2D eigenvalue weighted by Crippen LogP contribution is -2.33. The summed E-state index contributed by atoms with van der Waals surface area (Å²) in [7, 11) is 0. The molecule has 0 fully saturated rings. The Bertz CT molecular complexity index is 1280. The molecular formula is C24H21FN4O2. The summed E-state index contributed by atoms with van der Waals surface area (Å²) in [5, 5.41) is 19.9. The van der Waals surface area contributed by atoms with Crippen LogP contribution in [0.5, 0.6) is 0 Å². The number of H-pyrrole nitrogens is 1. The van der Waals surface area contributed by atoms with Crippen LogP contribution in [0.3, 0.4) is 0 Å². The summed E-state index contributed by atoms with van der Waals surface area (Å²) < 4.78 is 13.2. The lowest BCUT2D eigenvalue weighted by atomic mass is 9.93. The molecule has 31 heavy (non-hydrogen) atoms. The van der Waals surface area contributed by atoms with Crippen molar-refractivity contribution in [2.24, 2.45) is 5.92 Å². The van der Waals surface area contributed by atoms with Gasteiger partial charge in [0.25, 0.3) is 5.91 Å². The summed E-state index contributed by atoms with van der Waals surface area (Å²) in [4.78, 5) is 17.2. The molecule has 0 aliphatic carbocycles. The van der Waals surface area contributed by atoms with Gasteiger partial charge in [-0.15, -0.1) is 0 Å². The number of hydroxylamine groups is 1. The largest absolute Gasteiger partial charge is 0.281 e. The number of hydrogen-bond acceptors (Lipinski definition) is 4. The molecule has 1 amide bonds.